The number of hydrogen-bond donors (Lipinski definition) is 2. The standard InChI is InChI=1S/C14H17FN4O2/c1-9(21-11-5-3-10(15)4-6-11)7-17-14(20)12-8-18-19(2)13(12)16/h3-6,8-9H,7,16H2,1-2H3,(H,17,20). The van der Waals surface area contributed by atoms with Crippen LogP contribution in [0.3, 0.4) is 0 Å². The molecule has 1 aromatic carbocycles. The third kappa shape index (κ3) is 3.71. The molecule has 6 nitrogen and oxygen atoms in total. The smallest absolute Gasteiger partial charge is 0.256 e. The number of aromatic nitrogens is 2. The van der Waals surface area contributed by atoms with Crippen LogP contribution in [0.2, 0.25) is 0 Å². The second kappa shape index (κ2) is 6.25. The second-order valence-electron chi connectivity index (χ2n) is 4.66. The number of nitrogens with two attached hydrogens (primary N) is 1. The zero-order valence-electron chi connectivity index (χ0n) is 11.8. The summed E-state index contributed by atoms with van der Waals surface area (Å²) in [6, 6.07) is 5.70. The van der Waals surface area contributed by atoms with E-state index in [-0.39, 0.29) is 17.8 Å². The van der Waals surface area contributed by atoms with Crippen molar-refractivity contribution in [3.05, 3.63) is 41.8 Å². The van der Waals surface area contributed by atoms with Crippen LogP contribution in [0.1, 0.15) is 17.3 Å². The van der Waals surface area contributed by atoms with Gasteiger partial charge in [-0.2, -0.15) is 5.10 Å². The van der Waals surface area contributed by atoms with Crippen molar-refractivity contribution in [3.63, 3.8) is 0 Å². The van der Waals surface area contributed by atoms with E-state index in [0.717, 1.165) is 0 Å². The summed E-state index contributed by atoms with van der Waals surface area (Å²) in [6.07, 6.45) is 1.15. The number of rotatable bonds is 5. The third-order valence-corrected chi connectivity index (χ3v) is 2.93. The van der Waals surface area contributed by atoms with Crippen LogP contribution >= 0.6 is 0 Å². The van der Waals surface area contributed by atoms with E-state index in [0.29, 0.717) is 23.7 Å². The fraction of sp³-hybridized carbons (Fsp3) is 0.286. The van der Waals surface area contributed by atoms with E-state index in [9.17, 15) is 9.18 Å². The van der Waals surface area contributed by atoms with Crippen molar-refractivity contribution < 1.29 is 13.9 Å². The molecule has 1 aromatic heterocycles. The largest absolute Gasteiger partial charge is 0.489 e. The number of amides is 1. The fourth-order valence-corrected chi connectivity index (χ4v) is 1.74. The Kier molecular flexibility index (Phi) is 4.42. The molecule has 0 fully saturated rings. The number of carbonyl (C=O) groups is 1. The molecule has 0 bridgehead atoms. The average Bonchev–Trinajstić information content (AvgIpc) is 2.79. The number of carbonyl (C=O) groups excluding carboxylic acids is 1. The molecular formula is C14H17FN4O2. The van der Waals surface area contributed by atoms with Crippen LogP contribution in [0.5, 0.6) is 5.75 Å². The van der Waals surface area contributed by atoms with Gasteiger partial charge in [-0.1, -0.05) is 0 Å². The van der Waals surface area contributed by atoms with Gasteiger partial charge < -0.3 is 15.8 Å². The van der Waals surface area contributed by atoms with E-state index in [2.05, 4.69) is 10.4 Å². The predicted molar refractivity (Wildman–Crippen MR) is 76.4 cm³/mol. The van der Waals surface area contributed by atoms with Gasteiger partial charge in [0, 0.05) is 7.05 Å². The molecule has 2 rings (SSSR count). The maximum atomic E-state index is 12.8. The first-order chi connectivity index (χ1) is 9.97. The Balaban J connectivity index is 1.86. The molecule has 3 N–H and O–H groups in total. The van der Waals surface area contributed by atoms with Crippen molar-refractivity contribution in [1.82, 2.24) is 15.1 Å². The fourth-order valence-electron chi connectivity index (χ4n) is 1.74. The van der Waals surface area contributed by atoms with Crippen molar-refractivity contribution >= 4 is 11.7 Å². The van der Waals surface area contributed by atoms with E-state index in [1.807, 2.05) is 0 Å². The lowest BCUT2D eigenvalue weighted by Crippen LogP contribution is -2.33. The van der Waals surface area contributed by atoms with E-state index in [4.69, 9.17) is 10.5 Å². The molecule has 0 spiro atoms. The summed E-state index contributed by atoms with van der Waals surface area (Å²) in [4.78, 5) is 11.9. The molecule has 0 aliphatic rings. The maximum Gasteiger partial charge on any atom is 0.256 e. The van der Waals surface area contributed by atoms with Crippen molar-refractivity contribution in [2.24, 2.45) is 7.05 Å². The number of nitrogens with zero attached hydrogens (tertiary/aromatic N) is 2. The second-order valence-corrected chi connectivity index (χ2v) is 4.66. The number of ether oxygens (including phenoxy) is 1. The molecule has 0 saturated carbocycles. The summed E-state index contributed by atoms with van der Waals surface area (Å²) in [5.41, 5.74) is 6.05. The molecule has 112 valence electrons. The molecule has 0 radical (unpaired) electrons. The quantitative estimate of drug-likeness (QED) is 0.871. The number of hydrogen-bond acceptors (Lipinski definition) is 4. The number of anilines is 1. The van der Waals surface area contributed by atoms with Gasteiger partial charge in [-0.05, 0) is 31.2 Å². The van der Waals surface area contributed by atoms with Gasteiger partial charge in [0.05, 0.1) is 12.7 Å². The van der Waals surface area contributed by atoms with Crippen LogP contribution < -0.4 is 15.8 Å². The summed E-state index contributed by atoms with van der Waals surface area (Å²) < 4.78 is 19.8. The number of benzene rings is 1. The monoisotopic (exact) mass is 292 g/mol. The van der Waals surface area contributed by atoms with Crippen LogP contribution in [0.25, 0.3) is 0 Å². The Morgan fingerprint density at radius 1 is 1.48 bits per heavy atom. The lowest BCUT2D eigenvalue weighted by atomic mass is 10.3. The van der Waals surface area contributed by atoms with Gasteiger partial charge in [-0.15, -0.1) is 0 Å². The lowest BCUT2D eigenvalue weighted by Gasteiger charge is -2.15. The van der Waals surface area contributed by atoms with Crippen molar-refractivity contribution in [1.29, 1.82) is 0 Å². The van der Waals surface area contributed by atoms with Crippen LogP contribution in [-0.2, 0) is 7.05 Å². The first-order valence-corrected chi connectivity index (χ1v) is 6.45. The van der Waals surface area contributed by atoms with Crippen LogP contribution in [0.4, 0.5) is 10.2 Å². The van der Waals surface area contributed by atoms with Gasteiger partial charge in [0.2, 0.25) is 0 Å². The minimum atomic E-state index is -0.324. The van der Waals surface area contributed by atoms with Gasteiger partial charge in [0.1, 0.15) is 29.1 Å². The molecule has 0 aliphatic carbocycles. The predicted octanol–water partition coefficient (Wildman–Crippen LogP) is 1.34. The normalized spacial score (nSPS) is 12.0. The van der Waals surface area contributed by atoms with Crippen molar-refractivity contribution in [2.75, 3.05) is 12.3 Å². The molecule has 1 unspecified atom stereocenters. The first kappa shape index (κ1) is 14.8. The van der Waals surface area contributed by atoms with E-state index >= 15 is 0 Å². The van der Waals surface area contributed by atoms with Crippen LogP contribution in [0, 0.1) is 5.82 Å². The Labute approximate surface area is 121 Å². The highest BCUT2D eigenvalue weighted by molar-refractivity contribution is 5.98. The highest BCUT2D eigenvalue weighted by atomic mass is 19.1. The van der Waals surface area contributed by atoms with Gasteiger partial charge in [-0.3, -0.25) is 9.48 Å². The van der Waals surface area contributed by atoms with Crippen LogP contribution in [0.15, 0.2) is 30.5 Å². The summed E-state index contributed by atoms with van der Waals surface area (Å²) in [6.45, 7) is 2.10. The van der Waals surface area contributed by atoms with E-state index in [1.54, 1.807) is 14.0 Å². The molecule has 7 heteroatoms. The zero-order valence-corrected chi connectivity index (χ0v) is 11.8. The van der Waals surface area contributed by atoms with Gasteiger partial charge in [-0.25, -0.2) is 4.39 Å². The van der Waals surface area contributed by atoms with Crippen molar-refractivity contribution in [3.8, 4) is 5.75 Å². The molecule has 1 atom stereocenters. The minimum Gasteiger partial charge on any atom is -0.489 e. The first-order valence-electron chi connectivity index (χ1n) is 6.45. The number of nitrogen functional groups attached to an aromatic ring is 1. The highest BCUT2D eigenvalue weighted by Crippen LogP contribution is 2.13. The Bertz CT molecular complexity index is 624. The number of aryl methyl sites for hydroxylation is 1. The molecule has 1 amide bonds. The molecule has 1 heterocycles. The summed E-state index contributed by atoms with van der Waals surface area (Å²) >= 11 is 0. The summed E-state index contributed by atoms with van der Waals surface area (Å²) in [5, 5.41) is 6.62. The summed E-state index contributed by atoms with van der Waals surface area (Å²) in [7, 11) is 1.66. The third-order valence-electron chi connectivity index (χ3n) is 2.93. The van der Waals surface area contributed by atoms with E-state index in [1.165, 1.54) is 35.1 Å². The molecule has 0 aliphatic heterocycles. The maximum absolute atomic E-state index is 12.8. The Morgan fingerprint density at radius 2 is 2.14 bits per heavy atom. The van der Waals surface area contributed by atoms with Crippen molar-refractivity contribution in [2.45, 2.75) is 13.0 Å². The molecule has 0 saturated heterocycles. The number of nitrogens with one attached hydrogen (secondary N) is 1. The Morgan fingerprint density at radius 3 is 2.71 bits per heavy atom. The minimum absolute atomic E-state index is 0.266. The zero-order chi connectivity index (χ0) is 15.4. The highest BCUT2D eigenvalue weighted by Gasteiger charge is 2.14. The lowest BCUT2D eigenvalue weighted by molar-refractivity contribution is 0.0933. The molecular weight excluding hydrogens is 275 g/mol. The molecule has 21 heavy (non-hydrogen) atoms. The number of halogens is 1. The SMILES string of the molecule is CC(CNC(=O)c1cnn(C)c1N)Oc1ccc(F)cc1. The topological polar surface area (TPSA) is 82.2 Å². The Hall–Kier alpha value is -2.57. The van der Waals surface area contributed by atoms with Gasteiger partial charge >= 0.3 is 0 Å². The van der Waals surface area contributed by atoms with Gasteiger partial charge in [0.25, 0.3) is 5.91 Å². The molecule has 2 aromatic rings. The van der Waals surface area contributed by atoms with Crippen LogP contribution in [-0.4, -0.2) is 28.3 Å². The van der Waals surface area contributed by atoms with Gasteiger partial charge in [0.15, 0.2) is 0 Å². The average molecular weight is 292 g/mol. The van der Waals surface area contributed by atoms with E-state index < -0.39 is 0 Å². The summed E-state index contributed by atoms with van der Waals surface area (Å²) in [5.74, 6) is 0.212.